The van der Waals surface area contributed by atoms with Crippen LogP contribution in [0.4, 0.5) is 0 Å². The van der Waals surface area contributed by atoms with Crippen LogP contribution in [0.2, 0.25) is 0 Å². The third-order valence-electron chi connectivity index (χ3n) is 2.59. The van der Waals surface area contributed by atoms with Crippen molar-refractivity contribution in [3.63, 3.8) is 0 Å². The summed E-state index contributed by atoms with van der Waals surface area (Å²) in [6, 6.07) is 0. The molecule has 0 amide bonds. The molecule has 0 saturated heterocycles. The topological polar surface area (TPSA) is 78.9 Å². The molecule has 0 aromatic rings. The third kappa shape index (κ3) is 3.72. The molecule has 0 radical (unpaired) electrons. The Kier molecular flexibility index (Phi) is 6.23. The molecule has 0 heterocycles. The number of rotatable bonds is 6. The molecule has 0 bridgehead atoms. The first-order chi connectivity index (χ1) is 7.94. The highest BCUT2D eigenvalue weighted by Crippen LogP contribution is 2.30. The van der Waals surface area contributed by atoms with Crippen LogP contribution < -0.4 is 0 Å². The maximum absolute atomic E-state index is 11.7. The first-order valence-corrected chi connectivity index (χ1v) is 5.24. The molecule has 6 heteroatoms. The summed E-state index contributed by atoms with van der Waals surface area (Å²) in [4.78, 5) is 34.0. The smallest absolute Gasteiger partial charge is 0.323 e. The lowest BCUT2D eigenvalue weighted by Gasteiger charge is -2.26. The maximum atomic E-state index is 11.7. The molecule has 0 aromatic carbocycles. The normalized spacial score (nSPS) is 10.6. The van der Waals surface area contributed by atoms with E-state index in [2.05, 4.69) is 9.47 Å². The molecule has 98 valence electrons. The van der Waals surface area contributed by atoms with E-state index in [0.29, 0.717) is 0 Å². The number of ether oxygens (including phenoxy) is 3. The van der Waals surface area contributed by atoms with Crippen LogP contribution in [0.1, 0.15) is 26.7 Å². The average molecular weight is 246 g/mol. The highest BCUT2D eigenvalue weighted by molar-refractivity contribution is 5.99. The van der Waals surface area contributed by atoms with Crippen molar-refractivity contribution in [3.05, 3.63) is 0 Å². The highest BCUT2D eigenvalue weighted by Gasteiger charge is 2.46. The van der Waals surface area contributed by atoms with Crippen molar-refractivity contribution in [1.29, 1.82) is 0 Å². The lowest BCUT2D eigenvalue weighted by atomic mass is 9.82. The number of hydrogen-bond acceptors (Lipinski definition) is 6. The van der Waals surface area contributed by atoms with Crippen LogP contribution in [0.15, 0.2) is 0 Å². The quantitative estimate of drug-likeness (QED) is 0.389. The van der Waals surface area contributed by atoms with E-state index < -0.39 is 23.3 Å². The molecule has 0 rings (SSSR count). The zero-order valence-electron chi connectivity index (χ0n) is 10.6. The van der Waals surface area contributed by atoms with E-state index in [0.717, 1.165) is 0 Å². The van der Waals surface area contributed by atoms with Gasteiger partial charge >= 0.3 is 17.9 Å². The Hall–Kier alpha value is -1.59. The largest absolute Gasteiger partial charge is 0.468 e. The van der Waals surface area contributed by atoms with Crippen LogP contribution in [-0.2, 0) is 28.6 Å². The summed E-state index contributed by atoms with van der Waals surface area (Å²) < 4.78 is 13.9. The van der Waals surface area contributed by atoms with Gasteiger partial charge in [-0.2, -0.15) is 0 Å². The van der Waals surface area contributed by atoms with E-state index in [-0.39, 0.29) is 19.4 Å². The molecule has 0 fully saturated rings. The third-order valence-corrected chi connectivity index (χ3v) is 2.59. The van der Waals surface area contributed by atoms with Gasteiger partial charge in [-0.3, -0.25) is 14.4 Å². The molecule has 6 nitrogen and oxygen atoms in total. The summed E-state index contributed by atoms with van der Waals surface area (Å²) in [5.74, 6) is -1.83. The van der Waals surface area contributed by atoms with E-state index in [1.807, 2.05) is 0 Å². The molecule has 0 aliphatic rings. The second kappa shape index (κ2) is 6.88. The second-order valence-corrected chi connectivity index (χ2v) is 3.51. The molecular weight excluding hydrogens is 228 g/mol. The van der Waals surface area contributed by atoms with Crippen molar-refractivity contribution in [2.24, 2.45) is 5.41 Å². The number of carbonyl (C=O) groups excluding carboxylic acids is 3. The Morgan fingerprint density at radius 3 is 1.82 bits per heavy atom. The predicted octanol–water partition coefficient (Wildman–Crippen LogP) is 0.682. The average Bonchev–Trinajstić information content (AvgIpc) is 2.32. The van der Waals surface area contributed by atoms with Crippen LogP contribution in [0.25, 0.3) is 0 Å². The number of methoxy groups -OCH3 is 2. The lowest BCUT2D eigenvalue weighted by molar-refractivity contribution is -0.172. The van der Waals surface area contributed by atoms with Crippen LogP contribution in [-0.4, -0.2) is 38.7 Å². The summed E-state index contributed by atoms with van der Waals surface area (Å²) in [7, 11) is 2.39. The van der Waals surface area contributed by atoms with Crippen molar-refractivity contribution < 1.29 is 28.6 Å². The lowest BCUT2D eigenvalue weighted by Crippen LogP contribution is -2.41. The van der Waals surface area contributed by atoms with Crippen LogP contribution in [0, 0.1) is 5.41 Å². The minimum absolute atomic E-state index is 0.0344. The Labute approximate surface area is 100 Å². The Morgan fingerprint density at radius 2 is 1.53 bits per heavy atom. The molecule has 0 saturated carbocycles. The summed E-state index contributed by atoms with van der Waals surface area (Å²) in [6.45, 7) is 2.89. The monoisotopic (exact) mass is 246 g/mol. The van der Waals surface area contributed by atoms with Gasteiger partial charge in [-0.1, -0.05) is 6.92 Å². The zero-order chi connectivity index (χ0) is 13.5. The number of carbonyl (C=O) groups is 3. The number of esters is 3. The summed E-state index contributed by atoms with van der Waals surface area (Å²) in [5.41, 5.74) is -1.40. The molecule has 0 unspecified atom stereocenters. The fraction of sp³-hybridized carbons (Fsp3) is 0.727. The van der Waals surface area contributed by atoms with Gasteiger partial charge < -0.3 is 14.2 Å². The van der Waals surface area contributed by atoms with Gasteiger partial charge in [-0.05, 0) is 6.42 Å². The highest BCUT2D eigenvalue weighted by atomic mass is 16.5. The molecular formula is C11H18O6. The van der Waals surface area contributed by atoms with Crippen LogP contribution in [0.3, 0.4) is 0 Å². The fourth-order valence-corrected chi connectivity index (χ4v) is 1.51. The molecule has 0 aromatic heterocycles. The summed E-state index contributed by atoms with van der Waals surface area (Å²) in [5, 5.41) is 0. The van der Waals surface area contributed by atoms with Gasteiger partial charge in [0.15, 0.2) is 5.41 Å². The van der Waals surface area contributed by atoms with Gasteiger partial charge in [0.1, 0.15) is 0 Å². The standard InChI is InChI=1S/C11H18O6/c1-5-11(9(13)15-3,10(14)16-4)6-7-17-8(2)12/h5-7H2,1-4H3. The van der Waals surface area contributed by atoms with Crippen molar-refractivity contribution in [3.8, 4) is 0 Å². The van der Waals surface area contributed by atoms with Crippen molar-refractivity contribution in [2.75, 3.05) is 20.8 Å². The zero-order valence-corrected chi connectivity index (χ0v) is 10.6. The van der Waals surface area contributed by atoms with E-state index >= 15 is 0 Å². The SMILES string of the molecule is CCC(CCOC(C)=O)(C(=O)OC)C(=O)OC. The molecule has 0 spiro atoms. The van der Waals surface area contributed by atoms with Crippen LogP contribution >= 0.6 is 0 Å². The van der Waals surface area contributed by atoms with E-state index in [1.54, 1.807) is 6.92 Å². The Balaban J connectivity index is 4.87. The van der Waals surface area contributed by atoms with Crippen molar-refractivity contribution in [2.45, 2.75) is 26.7 Å². The van der Waals surface area contributed by atoms with Crippen molar-refractivity contribution >= 4 is 17.9 Å². The van der Waals surface area contributed by atoms with Gasteiger partial charge in [0.25, 0.3) is 0 Å². The minimum atomic E-state index is -1.40. The van der Waals surface area contributed by atoms with Gasteiger partial charge in [0, 0.05) is 13.3 Å². The molecule has 0 aliphatic heterocycles. The molecule has 0 atom stereocenters. The number of hydrogen-bond donors (Lipinski definition) is 0. The van der Waals surface area contributed by atoms with E-state index in [4.69, 9.17) is 4.74 Å². The Morgan fingerprint density at radius 1 is 1.06 bits per heavy atom. The van der Waals surface area contributed by atoms with Gasteiger partial charge in [0.2, 0.25) is 0 Å². The Bertz CT molecular complexity index is 280. The first kappa shape index (κ1) is 15.4. The fourth-order valence-electron chi connectivity index (χ4n) is 1.51. The van der Waals surface area contributed by atoms with Crippen LogP contribution in [0.5, 0.6) is 0 Å². The maximum Gasteiger partial charge on any atom is 0.323 e. The summed E-state index contributed by atoms with van der Waals surface area (Å²) >= 11 is 0. The van der Waals surface area contributed by atoms with Gasteiger partial charge in [0.05, 0.1) is 20.8 Å². The molecule has 0 N–H and O–H groups in total. The van der Waals surface area contributed by atoms with Gasteiger partial charge in [-0.25, -0.2) is 0 Å². The first-order valence-electron chi connectivity index (χ1n) is 5.24. The van der Waals surface area contributed by atoms with E-state index in [9.17, 15) is 14.4 Å². The predicted molar refractivity (Wildman–Crippen MR) is 58.0 cm³/mol. The van der Waals surface area contributed by atoms with Crippen molar-refractivity contribution in [1.82, 2.24) is 0 Å². The van der Waals surface area contributed by atoms with E-state index in [1.165, 1.54) is 21.1 Å². The summed E-state index contributed by atoms with van der Waals surface area (Å²) in [6.07, 6.45) is 0.260. The molecule has 0 aliphatic carbocycles. The second-order valence-electron chi connectivity index (χ2n) is 3.51. The molecule has 17 heavy (non-hydrogen) atoms. The minimum Gasteiger partial charge on any atom is -0.468 e. The van der Waals surface area contributed by atoms with Gasteiger partial charge in [-0.15, -0.1) is 0 Å².